The molecule has 0 rings (SSSR count). The number of carboxylic acid groups (broad SMARTS) is 1. The van der Waals surface area contributed by atoms with Crippen LogP contribution < -0.4 is 0 Å². The molecule has 0 unspecified atom stereocenters. The van der Waals surface area contributed by atoms with Gasteiger partial charge in [-0.1, -0.05) is 6.92 Å². The normalized spacial score (nSPS) is 12.1. The molecule has 0 spiro atoms. The Morgan fingerprint density at radius 1 is 1.22 bits per heavy atom. The van der Waals surface area contributed by atoms with Gasteiger partial charge in [-0.15, -0.1) is 0 Å². The van der Waals surface area contributed by atoms with Crippen LogP contribution in [0.4, 0.5) is 0 Å². The predicted octanol–water partition coefficient (Wildman–Crippen LogP) is 0.841. The first kappa shape index (κ1) is 19.2. The van der Waals surface area contributed by atoms with E-state index in [0.717, 1.165) is 26.3 Å². The number of hydrogen-bond donors (Lipinski definition) is 1. The molecule has 0 radical (unpaired) electrons. The minimum Gasteiger partial charge on any atom is -0.478 e. The summed E-state index contributed by atoms with van der Waals surface area (Å²) >= 11 is 0. The minimum atomic E-state index is -3.66. The topological polar surface area (TPSA) is 93.1 Å². The third-order valence-corrected chi connectivity index (χ3v) is 2.85. The Balaban J connectivity index is 0. The smallest absolute Gasteiger partial charge is 0.399 e. The van der Waals surface area contributed by atoms with E-state index in [1.807, 2.05) is 25.9 Å². The zero-order valence-corrected chi connectivity index (χ0v) is 12.4. The van der Waals surface area contributed by atoms with E-state index in [1.165, 1.54) is 0 Å². The summed E-state index contributed by atoms with van der Waals surface area (Å²) < 4.78 is 27.5. The number of rotatable bonds is 5. The molecule has 108 valence electrons. The van der Waals surface area contributed by atoms with Gasteiger partial charge in [0.1, 0.15) is 0 Å². The monoisotopic (exact) mass is 283 g/mol. The molecule has 0 aromatic heterocycles. The molecular formula is C10H21NO6S. The third kappa shape index (κ3) is 8.04. The van der Waals surface area contributed by atoms with Gasteiger partial charge in [0.05, 0.1) is 19.8 Å². The van der Waals surface area contributed by atoms with Crippen LogP contribution in [0.5, 0.6) is 0 Å². The number of allylic oxidation sites excluding steroid dienone is 1. The molecular weight excluding hydrogens is 262 g/mol. The summed E-state index contributed by atoms with van der Waals surface area (Å²) in [6.45, 7) is 3.57. The molecule has 0 saturated heterocycles. The number of carboxylic acids is 1. The van der Waals surface area contributed by atoms with Crippen LogP contribution >= 0.6 is 0 Å². The second-order valence-electron chi connectivity index (χ2n) is 3.37. The summed E-state index contributed by atoms with van der Waals surface area (Å²) in [5, 5.41) is 8.65. The van der Waals surface area contributed by atoms with Crippen LogP contribution in [0.2, 0.25) is 0 Å². The largest absolute Gasteiger partial charge is 0.478 e. The molecule has 0 amide bonds. The Labute approximate surface area is 108 Å². The van der Waals surface area contributed by atoms with E-state index >= 15 is 0 Å². The quantitative estimate of drug-likeness (QED) is 0.747. The molecule has 0 bridgehead atoms. The van der Waals surface area contributed by atoms with Gasteiger partial charge in [0.25, 0.3) is 0 Å². The lowest BCUT2D eigenvalue weighted by atomic mass is 10.2. The highest BCUT2D eigenvalue weighted by Crippen LogP contribution is 2.10. The number of carbonyl (C=O) groups is 1. The highest BCUT2D eigenvalue weighted by atomic mass is 32.3. The summed E-state index contributed by atoms with van der Waals surface area (Å²) in [5.41, 5.74) is 1.30. The molecule has 0 saturated carbocycles. The molecule has 0 fully saturated rings. The molecule has 0 aliphatic heterocycles. The van der Waals surface area contributed by atoms with Crippen molar-refractivity contribution in [2.24, 2.45) is 0 Å². The average Bonchev–Trinajstić information content (AvgIpc) is 2.30. The summed E-state index contributed by atoms with van der Waals surface area (Å²) in [4.78, 5) is 12.4. The third-order valence-electron chi connectivity index (χ3n) is 2.04. The van der Waals surface area contributed by atoms with Gasteiger partial charge < -0.3 is 10.0 Å². The zero-order valence-electron chi connectivity index (χ0n) is 11.6. The van der Waals surface area contributed by atoms with Gasteiger partial charge in [-0.3, -0.25) is 8.37 Å². The van der Waals surface area contributed by atoms with Crippen LogP contribution in [0.3, 0.4) is 0 Å². The number of hydrogen-bond acceptors (Lipinski definition) is 6. The van der Waals surface area contributed by atoms with Crippen LogP contribution in [0.25, 0.3) is 0 Å². The number of aliphatic carboxylic acids is 1. The van der Waals surface area contributed by atoms with Crippen LogP contribution in [0, 0.1) is 0 Å². The van der Waals surface area contributed by atoms with E-state index in [0.29, 0.717) is 5.57 Å². The van der Waals surface area contributed by atoms with E-state index in [-0.39, 0.29) is 0 Å². The summed E-state index contributed by atoms with van der Waals surface area (Å²) in [5.74, 6) is -0.837. The van der Waals surface area contributed by atoms with Crippen molar-refractivity contribution in [3.8, 4) is 0 Å². The zero-order chi connectivity index (χ0) is 14.9. The molecule has 0 aromatic rings. The van der Waals surface area contributed by atoms with Gasteiger partial charge >= 0.3 is 16.4 Å². The van der Waals surface area contributed by atoms with Crippen molar-refractivity contribution in [1.82, 2.24) is 4.90 Å². The van der Waals surface area contributed by atoms with E-state index in [4.69, 9.17) is 5.11 Å². The van der Waals surface area contributed by atoms with Crippen molar-refractivity contribution in [2.75, 3.05) is 28.3 Å². The highest BCUT2D eigenvalue weighted by molar-refractivity contribution is 7.81. The highest BCUT2D eigenvalue weighted by Gasteiger charge is 2.08. The molecule has 0 aromatic carbocycles. The van der Waals surface area contributed by atoms with E-state index in [2.05, 4.69) is 8.37 Å². The van der Waals surface area contributed by atoms with Crippen molar-refractivity contribution in [3.63, 3.8) is 0 Å². The molecule has 0 heterocycles. The van der Waals surface area contributed by atoms with Gasteiger partial charge in [-0.05, 0) is 13.3 Å². The predicted molar refractivity (Wildman–Crippen MR) is 67.3 cm³/mol. The fraction of sp³-hybridized carbons (Fsp3) is 0.700. The Kier molecular flexibility index (Phi) is 9.50. The van der Waals surface area contributed by atoms with Crippen molar-refractivity contribution in [3.05, 3.63) is 11.3 Å². The molecule has 18 heavy (non-hydrogen) atoms. The molecule has 0 atom stereocenters. The van der Waals surface area contributed by atoms with Gasteiger partial charge in [0, 0.05) is 19.8 Å². The summed E-state index contributed by atoms with van der Waals surface area (Å²) in [6, 6.07) is 0. The minimum absolute atomic E-state index is 0.428. The first-order valence-electron chi connectivity index (χ1n) is 5.09. The van der Waals surface area contributed by atoms with Gasteiger partial charge in [-0.25, -0.2) is 4.79 Å². The Morgan fingerprint density at radius 3 is 1.67 bits per heavy atom. The van der Waals surface area contributed by atoms with Gasteiger partial charge in [0.2, 0.25) is 0 Å². The van der Waals surface area contributed by atoms with Crippen molar-refractivity contribution >= 4 is 16.4 Å². The SMILES string of the molecule is CCC(=C(C)C(=O)O)N(C)C.COS(=O)(=O)OC. The fourth-order valence-corrected chi connectivity index (χ4v) is 1.24. The van der Waals surface area contributed by atoms with Crippen molar-refractivity contribution < 1.29 is 26.7 Å². The van der Waals surface area contributed by atoms with E-state index < -0.39 is 16.4 Å². The molecule has 1 N–H and O–H groups in total. The second kappa shape index (κ2) is 8.90. The lowest BCUT2D eigenvalue weighted by molar-refractivity contribution is -0.132. The lowest BCUT2D eigenvalue weighted by Crippen LogP contribution is -2.15. The van der Waals surface area contributed by atoms with Gasteiger partial charge in [-0.2, -0.15) is 8.42 Å². The van der Waals surface area contributed by atoms with Crippen molar-refractivity contribution in [2.45, 2.75) is 20.3 Å². The van der Waals surface area contributed by atoms with Crippen LogP contribution in [-0.4, -0.2) is 52.7 Å². The second-order valence-corrected chi connectivity index (χ2v) is 4.85. The van der Waals surface area contributed by atoms with Crippen LogP contribution in [-0.2, 0) is 23.6 Å². The van der Waals surface area contributed by atoms with Crippen LogP contribution in [0.15, 0.2) is 11.3 Å². The maximum absolute atomic E-state index is 10.5. The Hall–Kier alpha value is -1.12. The Bertz CT molecular complexity index is 375. The molecule has 0 aliphatic rings. The summed E-state index contributed by atoms with van der Waals surface area (Å²) in [6.07, 6.45) is 0.755. The first-order chi connectivity index (χ1) is 8.12. The number of nitrogens with zero attached hydrogens (tertiary/aromatic N) is 1. The summed E-state index contributed by atoms with van der Waals surface area (Å²) in [7, 11) is 2.10. The Morgan fingerprint density at radius 2 is 1.61 bits per heavy atom. The fourth-order valence-electron chi connectivity index (χ4n) is 1.11. The van der Waals surface area contributed by atoms with Crippen molar-refractivity contribution in [1.29, 1.82) is 0 Å². The maximum atomic E-state index is 10.5. The molecule has 7 nitrogen and oxygen atoms in total. The van der Waals surface area contributed by atoms with Gasteiger partial charge in [0.15, 0.2) is 0 Å². The maximum Gasteiger partial charge on any atom is 0.399 e. The van der Waals surface area contributed by atoms with E-state index in [1.54, 1.807) is 6.92 Å². The first-order valence-corrected chi connectivity index (χ1v) is 6.42. The average molecular weight is 283 g/mol. The molecule has 8 heteroatoms. The lowest BCUT2D eigenvalue weighted by Gasteiger charge is -2.17. The van der Waals surface area contributed by atoms with Crippen LogP contribution in [0.1, 0.15) is 20.3 Å². The standard InChI is InChI=1S/C8H15NO2.C2H6O4S/c1-5-7(9(3)4)6(2)8(10)11;1-5-7(3,4)6-2/h5H2,1-4H3,(H,10,11);1-2H3. The molecule has 0 aliphatic carbocycles. The van der Waals surface area contributed by atoms with E-state index in [9.17, 15) is 13.2 Å².